The van der Waals surface area contributed by atoms with Crippen LogP contribution in [0.4, 0.5) is 4.39 Å². The SMILES string of the molecule is CN=C(NCCCCN1C(=O)c2ccccc2C1=O)NCCc1cccc(F)c1. The van der Waals surface area contributed by atoms with Gasteiger partial charge in [0.2, 0.25) is 0 Å². The molecule has 0 aliphatic carbocycles. The van der Waals surface area contributed by atoms with Crippen LogP contribution in [0, 0.1) is 5.82 Å². The number of benzene rings is 2. The van der Waals surface area contributed by atoms with E-state index in [-0.39, 0.29) is 17.6 Å². The summed E-state index contributed by atoms with van der Waals surface area (Å²) in [7, 11) is 1.69. The molecule has 1 heterocycles. The maximum absolute atomic E-state index is 13.2. The quantitative estimate of drug-likeness (QED) is 0.311. The number of fused-ring (bicyclic) bond motifs is 1. The highest BCUT2D eigenvalue weighted by atomic mass is 19.1. The highest BCUT2D eigenvalue weighted by Gasteiger charge is 2.34. The lowest BCUT2D eigenvalue weighted by Crippen LogP contribution is -2.39. The number of nitrogens with one attached hydrogen (secondary N) is 2. The molecule has 7 heteroatoms. The minimum Gasteiger partial charge on any atom is -0.356 e. The number of guanidine groups is 1. The predicted molar refractivity (Wildman–Crippen MR) is 111 cm³/mol. The molecule has 1 aliphatic heterocycles. The Morgan fingerprint density at radius 2 is 1.66 bits per heavy atom. The van der Waals surface area contributed by atoms with Crippen molar-refractivity contribution in [2.45, 2.75) is 19.3 Å². The van der Waals surface area contributed by atoms with Gasteiger partial charge in [-0.25, -0.2) is 4.39 Å². The molecule has 2 aromatic rings. The number of aliphatic imine (C=N–C) groups is 1. The molecule has 0 saturated carbocycles. The topological polar surface area (TPSA) is 73.8 Å². The van der Waals surface area contributed by atoms with Gasteiger partial charge in [0.05, 0.1) is 11.1 Å². The smallest absolute Gasteiger partial charge is 0.261 e. The van der Waals surface area contributed by atoms with Gasteiger partial charge in [-0.1, -0.05) is 24.3 Å². The van der Waals surface area contributed by atoms with Gasteiger partial charge in [-0.05, 0) is 49.1 Å². The van der Waals surface area contributed by atoms with Gasteiger partial charge in [0.15, 0.2) is 5.96 Å². The largest absolute Gasteiger partial charge is 0.356 e. The second-order valence-corrected chi connectivity index (χ2v) is 6.82. The predicted octanol–water partition coefficient (Wildman–Crippen LogP) is 2.61. The van der Waals surface area contributed by atoms with E-state index in [0.717, 1.165) is 12.0 Å². The zero-order valence-electron chi connectivity index (χ0n) is 16.5. The van der Waals surface area contributed by atoms with Gasteiger partial charge in [0, 0.05) is 26.7 Å². The number of halogens is 1. The number of hydrogen-bond acceptors (Lipinski definition) is 3. The third-order valence-electron chi connectivity index (χ3n) is 4.80. The number of carbonyl (C=O) groups excluding carboxylic acids is 2. The van der Waals surface area contributed by atoms with E-state index < -0.39 is 0 Å². The van der Waals surface area contributed by atoms with Gasteiger partial charge in [-0.3, -0.25) is 19.5 Å². The molecule has 2 aromatic carbocycles. The molecule has 0 spiro atoms. The van der Waals surface area contributed by atoms with E-state index in [1.807, 2.05) is 6.07 Å². The van der Waals surface area contributed by atoms with Crippen molar-refractivity contribution < 1.29 is 14.0 Å². The number of nitrogens with zero attached hydrogens (tertiary/aromatic N) is 2. The van der Waals surface area contributed by atoms with Crippen LogP contribution in [0.5, 0.6) is 0 Å². The van der Waals surface area contributed by atoms with Crippen LogP contribution in [-0.2, 0) is 6.42 Å². The Morgan fingerprint density at radius 3 is 2.31 bits per heavy atom. The molecular formula is C22H25FN4O2. The minimum absolute atomic E-state index is 0.214. The van der Waals surface area contributed by atoms with E-state index in [2.05, 4.69) is 15.6 Å². The number of rotatable bonds is 8. The van der Waals surface area contributed by atoms with Crippen LogP contribution >= 0.6 is 0 Å². The van der Waals surface area contributed by atoms with Crippen LogP contribution in [-0.4, -0.2) is 49.4 Å². The lowest BCUT2D eigenvalue weighted by molar-refractivity contribution is 0.0652. The minimum atomic E-state index is -0.233. The van der Waals surface area contributed by atoms with Crippen LogP contribution in [0.25, 0.3) is 0 Å². The normalized spacial score (nSPS) is 13.6. The van der Waals surface area contributed by atoms with Gasteiger partial charge in [0.1, 0.15) is 5.82 Å². The molecule has 2 N–H and O–H groups in total. The zero-order valence-corrected chi connectivity index (χ0v) is 16.5. The van der Waals surface area contributed by atoms with Gasteiger partial charge >= 0.3 is 0 Å². The molecule has 1 aliphatic rings. The summed E-state index contributed by atoms with van der Waals surface area (Å²) in [4.78, 5) is 30.1. The fraction of sp³-hybridized carbons (Fsp3) is 0.318. The molecule has 6 nitrogen and oxygen atoms in total. The molecule has 2 amide bonds. The fourth-order valence-corrected chi connectivity index (χ4v) is 3.28. The third-order valence-corrected chi connectivity index (χ3v) is 4.80. The van der Waals surface area contributed by atoms with Crippen molar-refractivity contribution in [1.82, 2.24) is 15.5 Å². The van der Waals surface area contributed by atoms with E-state index in [9.17, 15) is 14.0 Å². The standard InChI is InChI=1S/C22H25FN4O2/c1-24-22(26-13-11-16-7-6-8-17(23)15-16)25-12-4-5-14-27-20(28)18-9-2-3-10-19(18)21(27)29/h2-3,6-10,15H,4-5,11-14H2,1H3,(H2,24,25,26). The number of hydrogen-bond donors (Lipinski definition) is 2. The summed E-state index contributed by atoms with van der Waals surface area (Å²) in [5.41, 5.74) is 1.89. The van der Waals surface area contributed by atoms with Crippen LogP contribution in [0.15, 0.2) is 53.5 Å². The van der Waals surface area contributed by atoms with Crippen LogP contribution in [0.2, 0.25) is 0 Å². The Labute approximate surface area is 169 Å². The van der Waals surface area contributed by atoms with Crippen molar-refractivity contribution in [3.05, 3.63) is 71.0 Å². The third kappa shape index (κ3) is 5.19. The maximum atomic E-state index is 13.2. The Morgan fingerprint density at radius 1 is 0.966 bits per heavy atom. The van der Waals surface area contributed by atoms with Crippen molar-refractivity contribution >= 4 is 17.8 Å². The molecule has 3 rings (SSSR count). The van der Waals surface area contributed by atoms with Crippen molar-refractivity contribution in [3.63, 3.8) is 0 Å². The van der Waals surface area contributed by atoms with Gasteiger partial charge in [-0.15, -0.1) is 0 Å². The van der Waals surface area contributed by atoms with E-state index in [1.165, 1.54) is 17.0 Å². The molecule has 29 heavy (non-hydrogen) atoms. The molecular weight excluding hydrogens is 371 g/mol. The Bertz CT molecular complexity index is 878. The average Bonchev–Trinajstić information content (AvgIpc) is 2.97. The molecule has 0 aromatic heterocycles. The van der Waals surface area contributed by atoms with E-state index in [4.69, 9.17) is 0 Å². The van der Waals surface area contributed by atoms with E-state index >= 15 is 0 Å². The van der Waals surface area contributed by atoms with Crippen molar-refractivity contribution in [1.29, 1.82) is 0 Å². The Kier molecular flexibility index (Phi) is 6.94. The first-order valence-electron chi connectivity index (χ1n) is 9.74. The summed E-state index contributed by atoms with van der Waals surface area (Å²) in [5.74, 6) is 0.00645. The number of imide groups is 1. The highest BCUT2D eigenvalue weighted by molar-refractivity contribution is 6.21. The molecule has 0 fully saturated rings. The molecule has 0 unspecified atom stereocenters. The average molecular weight is 396 g/mol. The summed E-state index contributed by atoms with van der Waals surface area (Å²) >= 11 is 0. The monoisotopic (exact) mass is 396 g/mol. The molecule has 0 radical (unpaired) electrons. The van der Waals surface area contributed by atoms with Crippen molar-refractivity contribution in [3.8, 4) is 0 Å². The first-order valence-corrected chi connectivity index (χ1v) is 9.74. The maximum Gasteiger partial charge on any atom is 0.261 e. The van der Waals surface area contributed by atoms with E-state index in [1.54, 1.807) is 37.4 Å². The van der Waals surface area contributed by atoms with Crippen LogP contribution in [0.1, 0.15) is 39.1 Å². The second kappa shape index (κ2) is 9.82. The molecule has 152 valence electrons. The summed E-state index contributed by atoms with van der Waals surface area (Å²) in [6.07, 6.45) is 2.19. The first-order chi connectivity index (χ1) is 14.1. The van der Waals surface area contributed by atoms with Gasteiger partial charge in [0.25, 0.3) is 11.8 Å². The van der Waals surface area contributed by atoms with Crippen molar-refractivity contribution in [2.75, 3.05) is 26.7 Å². The number of amides is 2. The van der Waals surface area contributed by atoms with Gasteiger partial charge in [-0.2, -0.15) is 0 Å². The van der Waals surface area contributed by atoms with Crippen LogP contribution < -0.4 is 10.6 Å². The van der Waals surface area contributed by atoms with Crippen LogP contribution in [0.3, 0.4) is 0 Å². The molecule has 0 saturated heterocycles. The van der Waals surface area contributed by atoms with Gasteiger partial charge < -0.3 is 10.6 Å². The zero-order chi connectivity index (χ0) is 20.6. The lowest BCUT2D eigenvalue weighted by atomic mass is 10.1. The fourth-order valence-electron chi connectivity index (χ4n) is 3.28. The second-order valence-electron chi connectivity index (χ2n) is 6.82. The number of unbranched alkanes of at least 4 members (excludes halogenated alkanes) is 1. The molecule has 0 atom stereocenters. The van der Waals surface area contributed by atoms with Crippen molar-refractivity contribution in [2.24, 2.45) is 4.99 Å². The summed E-state index contributed by atoms with van der Waals surface area (Å²) < 4.78 is 13.2. The number of carbonyl (C=O) groups is 2. The molecule has 0 bridgehead atoms. The highest BCUT2D eigenvalue weighted by Crippen LogP contribution is 2.22. The Hall–Kier alpha value is -3.22. The lowest BCUT2D eigenvalue weighted by Gasteiger charge is -2.15. The first kappa shape index (κ1) is 20.5. The summed E-state index contributed by atoms with van der Waals surface area (Å²) in [5, 5.41) is 6.40. The summed E-state index contributed by atoms with van der Waals surface area (Å²) in [6, 6.07) is 13.5. The Balaban J connectivity index is 1.34. The summed E-state index contributed by atoms with van der Waals surface area (Å²) in [6.45, 7) is 1.71. The van der Waals surface area contributed by atoms with E-state index in [0.29, 0.717) is 49.6 Å².